The van der Waals surface area contributed by atoms with E-state index in [0.29, 0.717) is 24.6 Å². The van der Waals surface area contributed by atoms with Gasteiger partial charge in [-0.1, -0.05) is 13.0 Å². The molecule has 160 valence electrons. The number of H-pyrrole nitrogens is 1. The second-order valence-electron chi connectivity index (χ2n) is 7.79. The second kappa shape index (κ2) is 9.07. The number of hydrogen-bond acceptors (Lipinski definition) is 6. The summed E-state index contributed by atoms with van der Waals surface area (Å²) in [4.78, 5) is 42.8. The molecule has 3 aromatic heterocycles. The highest BCUT2D eigenvalue weighted by Gasteiger charge is 2.27. The number of piperidine rings is 1. The predicted molar refractivity (Wildman–Crippen MR) is 120 cm³/mol. The first kappa shape index (κ1) is 20.7. The van der Waals surface area contributed by atoms with Crippen LogP contribution in [0.4, 0.5) is 11.6 Å². The molecular formula is C23H26N6O2. The Labute approximate surface area is 180 Å². The lowest BCUT2D eigenvalue weighted by molar-refractivity contribution is -0.120. The summed E-state index contributed by atoms with van der Waals surface area (Å²) in [5.41, 5.74) is 2.28. The first-order valence-corrected chi connectivity index (χ1v) is 10.6. The lowest BCUT2D eigenvalue weighted by Gasteiger charge is -2.32. The van der Waals surface area contributed by atoms with Gasteiger partial charge in [0.25, 0.3) is 5.56 Å². The molecule has 0 radical (unpaired) electrons. The molecule has 1 fully saturated rings. The standard InChI is InChI=1S/C23H26N6O2/c1-3-18-12-20(30)27-22(26-18)16-8-9-19(25-13-16)29-11-5-7-17(14-29)23(31)28-21-15(2)6-4-10-24-21/h4,6,8-10,12-13,17H,3,5,7,11,14H2,1-2H3,(H,24,28,31)(H,26,27,30). The Morgan fingerprint density at radius 2 is 2.16 bits per heavy atom. The molecule has 0 saturated carbocycles. The van der Waals surface area contributed by atoms with Gasteiger partial charge in [0, 0.05) is 42.8 Å². The van der Waals surface area contributed by atoms with E-state index in [0.717, 1.165) is 42.0 Å². The molecule has 8 nitrogen and oxygen atoms in total. The number of amides is 1. The first-order valence-electron chi connectivity index (χ1n) is 10.6. The number of pyridine rings is 2. The maximum atomic E-state index is 12.8. The zero-order valence-electron chi connectivity index (χ0n) is 17.8. The topological polar surface area (TPSA) is 104 Å². The van der Waals surface area contributed by atoms with Gasteiger partial charge in [0.1, 0.15) is 17.5 Å². The zero-order chi connectivity index (χ0) is 21.8. The number of hydrogen-bond donors (Lipinski definition) is 2. The molecule has 3 aromatic rings. The van der Waals surface area contributed by atoms with Gasteiger partial charge < -0.3 is 15.2 Å². The van der Waals surface area contributed by atoms with Crippen LogP contribution in [0.15, 0.2) is 47.5 Å². The molecule has 4 heterocycles. The minimum absolute atomic E-state index is 0.0127. The highest BCUT2D eigenvalue weighted by atomic mass is 16.2. The van der Waals surface area contributed by atoms with Crippen molar-refractivity contribution in [3.8, 4) is 11.4 Å². The Kier molecular flexibility index (Phi) is 6.06. The van der Waals surface area contributed by atoms with Crippen LogP contribution in [-0.4, -0.2) is 38.9 Å². The third-order valence-electron chi connectivity index (χ3n) is 5.55. The van der Waals surface area contributed by atoms with E-state index < -0.39 is 0 Å². The minimum Gasteiger partial charge on any atom is -0.356 e. The summed E-state index contributed by atoms with van der Waals surface area (Å²) in [5.74, 6) is 1.80. The van der Waals surface area contributed by atoms with E-state index in [1.807, 2.05) is 38.1 Å². The fourth-order valence-corrected chi connectivity index (χ4v) is 3.77. The lowest BCUT2D eigenvalue weighted by atomic mass is 9.97. The molecule has 4 rings (SSSR count). The Balaban J connectivity index is 1.46. The van der Waals surface area contributed by atoms with Gasteiger partial charge >= 0.3 is 0 Å². The number of aromatic nitrogens is 4. The van der Waals surface area contributed by atoms with Gasteiger partial charge in [-0.25, -0.2) is 15.0 Å². The molecule has 8 heteroatoms. The average Bonchev–Trinajstić information content (AvgIpc) is 2.80. The van der Waals surface area contributed by atoms with Crippen molar-refractivity contribution in [2.24, 2.45) is 5.92 Å². The van der Waals surface area contributed by atoms with Gasteiger partial charge in [-0.2, -0.15) is 0 Å². The normalized spacial score (nSPS) is 16.2. The van der Waals surface area contributed by atoms with E-state index in [2.05, 4.69) is 30.2 Å². The van der Waals surface area contributed by atoms with Crippen molar-refractivity contribution in [3.05, 3.63) is 64.3 Å². The predicted octanol–water partition coefficient (Wildman–Crippen LogP) is 2.95. The number of aromatic amines is 1. The molecule has 1 unspecified atom stereocenters. The molecule has 0 bridgehead atoms. The number of carbonyl (C=O) groups is 1. The summed E-state index contributed by atoms with van der Waals surface area (Å²) in [7, 11) is 0. The smallest absolute Gasteiger partial charge is 0.251 e. The summed E-state index contributed by atoms with van der Waals surface area (Å²) in [6.45, 7) is 5.34. The van der Waals surface area contributed by atoms with Crippen molar-refractivity contribution < 1.29 is 4.79 Å². The van der Waals surface area contributed by atoms with Crippen molar-refractivity contribution in [1.82, 2.24) is 19.9 Å². The van der Waals surface area contributed by atoms with E-state index in [-0.39, 0.29) is 17.4 Å². The number of carbonyl (C=O) groups excluding carboxylic acids is 1. The Morgan fingerprint density at radius 3 is 2.90 bits per heavy atom. The van der Waals surface area contributed by atoms with E-state index in [4.69, 9.17) is 0 Å². The van der Waals surface area contributed by atoms with Crippen LogP contribution in [0.3, 0.4) is 0 Å². The molecule has 0 aromatic carbocycles. The van der Waals surface area contributed by atoms with Crippen molar-refractivity contribution in [3.63, 3.8) is 0 Å². The van der Waals surface area contributed by atoms with Crippen molar-refractivity contribution in [2.75, 3.05) is 23.3 Å². The second-order valence-corrected chi connectivity index (χ2v) is 7.79. The van der Waals surface area contributed by atoms with Gasteiger partial charge in [-0.3, -0.25) is 9.59 Å². The van der Waals surface area contributed by atoms with E-state index in [9.17, 15) is 9.59 Å². The summed E-state index contributed by atoms with van der Waals surface area (Å²) in [5, 5.41) is 2.96. The average molecular weight is 419 g/mol. The Morgan fingerprint density at radius 1 is 1.29 bits per heavy atom. The van der Waals surface area contributed by atoms with Crippen LogP contribution >= 0.6 is 0 Å². The molecule has 1 amide bonds. The zero-order valence-corrected chi connectivity index (χ0v) is 17.8. The summed E-state index contributed by atoms with van der Waals surface area (Å²) in [6, 6.07) is 9.11. The number of nitrogens with one attached hydrogen (secondary N) is 2. The number of aryl methyl sites for hydroxylation is 2. The SMILES string of the molecule is CCc1cc(=O)[nH]c(-c2ccc(N3CCCC(C(=O)Nc4ncccc4C)C3)nc2)n1. The fourth-order valence-electron chi connectivity index (χ4n) is 3.77. The van der Waals surface area contributed by atoms with Gasteiger partial charge in [-0.15, -0.1) is 0 Å². The van der Waals surface area contributed by atoms with Gasteiger partial charge in [0.2, 0.25) is 5.91 Å². The summed E-state index contributed by atoms with van der Waals surface area (Å²) in [6.07, 6.45) is 5.84. The van der Waals surface area contributed by atoms with E-state index >= 15 is 0 Å². The van der Waals surface area contributed by atoms with Gasteiger partial charge in [-0.05, 0) is 49.9 Å². The summed E-state index contributed by atoms with van der Waals surface area (Å²) >= 11 is 0. The maximum absolute atomic E-state index is 12.8. The van der Waals surface area contributed by atoms with Gasteiger partial charge in [0.15, 0.2) is 0 Å². The highest BCUT2D eigenvalue weighted by Crippen LogP contribution is 2.24. The van der Waals surface area contributed by atoms with Gasteiger partial charge in [0.05, 0.1) is 5.92 Å². The molecule has 0 aliphatic carbocycles. The van der Waals surface area contributed by atoms with Crippen molar-refractivity contribution >= 4 is 17.5 Å². The van der Waals surface area contributed by atoms with Crippen molar-refractivity contribution in [2.45, 2.75) is 33.1 Å². The monoisotopic (exact) mass is 418 g/mol. The molecule has 1 saturated heterocycles. The molecular weight excluding hydrogens is 392 g/mol. The van der Waals surface area contributed by atoms with Crippen LogP contribution < -0.4 is 15.8 Å². The molecule has 1 aliphatic rings. The van der Waals surface area contributed by atoms with Crippen LogP contribution in [0.2, 0.25) is 0 Å². The number of nitrogens with zero attached hydrogens (tertiary/aromatic N) is 4. The molecule has 0 spiro atoms. The highest BCUT2D eigenvalue weighted by molar-refractivity contribution is 5.92. The molecule has 2 N–H and O–H groups in total. The quantitative estimate of drug-likeness (QED) is 0.660. The van der Waals surface area contributed by atoms with E-state index in [1.54, 1.807) is 12.4 Å². The summed E-state index contributed by atoms with van der Waals surface area (Å²) < 4.78 is 0. The minimum atomic E-state index is -0.168. The van der Waals surface area contributed by atoms with Crippen LogP contribution in [0.25, 0.3) is 11.4 Å². The molecule has 1 atom stereocenters. The maximum Gasteiger partial charge on any atom is 0.251 e. The number of rotatable bonds is 5. The molecule has 31 heavy (non-hydrogen) atoms. The number of anilines is 2. The van der Waals surface area contributed by atoms with E-state index in [1.165, 1.54) is 6.07 Å². The fraction of sp³-hybridized carbons (Fsp3) is 0.348. The first-order chi connectivity index (χ1) is 15.0. The Bertz CT molecular complexity index is 1130. The van der Waals surface area contributed by atoms with Crippen LogP contribution in [-0.2, 0) is 11.2 Å². The van der Waals surface area contributed by atoms with Crippen LogP contribution in [0.5, 0.6) is 0 Å². The lowest BCUT2D eigenvalue weighted by Crippen LogP contribution is -2.41. The molecule has 1 aliphatic heterocycles. The van der Waals surface area contributed by atoms with Crippen LogP contribution in [0, 0.1) is 12.8 Å². The van der Waals surface area contributed by atoms with Crippen molar-refractivity contribution in [1.29, 1.82) is 0 Å². The third kappa shape index (κ3) is 4.79. The largest absolute Gasteiger partial charge is 0.356 e. The Hall–Kier alpha value is -3.55. The third-order valence-corrected chi connectivity index (χ3v) is 5.55. The van der Waals surface area contributed by atoms with Crippen LogP contribution in [0.1, 0.15) is 31.0 Å².